The van der Waals surface area contributed by atoms with E-state index >= 15 is 0 Å². The summed E-state index contributed by atoms with van der Waals surface area (Å²) in [6, 6.07) is 4.05. The van der Waals surface area contributed by atoms with Crippen molar-refractivity contribution in [3.63, 3.8) is 0 Å². The van der Waals surface area contributed by atoms with E-state index in [4.69, 9.17) is 10.7 Å². The number of thiazole rings is 1. The standard InChI is InChI=1S/C14H19N3S2/c15-13(12-6-5-9-18-12)11-10-19-14(16-11)17-7-3-1-2-4-8-17/h5-6,9-10,13H,1-4,7-8,15H2. The zero-order chi connectivity index (χ0) is 13.1. The van der Waals surface area contributed by atoms with Crippen LogP contribution < -0.4 is 10.6 Å². The summed E-state index contributed by atoms with van der Waals surface area (Å²) < 4.78 is 0. The summed E-state index contributed by atoms with van der Waals surface area (Å²) in [6.07, 6.45) is 5.27. The highest BCUT2D eigenvalue weighted by Crippen LogP contribution is 2.29. The van der Waals surface area contributed by atoms with Crippen LogP contribution in [0.1, 0.15) is 42.3 Å². The number of thiophene rings is 1. The fraction of sp³-hybridized carbons (Fsp3) is 0.500. The van der Waals surface area contributed by atoms with Crippen molar-refractivity contribution in [3.8, 4) is 0 Å². The van der Waals surface area contributed by atoms with Crippen LogP contribution in [0, 0.1) is 0 Å². The number of aromatic nitrogens is 1. The average Bonchev–Trinajstić information content (AvgIpc) is 3.05. The van der Waals surface area contributed by atoms with Gasteiger partial charge in [0.15, 0.2) is 5.13 Å². The number of rotatable bonds is 3. The van der Waals surface area contributed by atoms with Gasteiger partial charge in [0.05, 0.1) is 11.7 Å². The molecule has 2 aromatic heterocycles. The first-order valence-corrected chi connectivity index (χ1v) is 8.60. The highest BCUT2D eigenvalue weighted by molar-refractivity contribution is 7.13. The van der Waals surface area contributed by atoms with Gasteiger partial charge >= 0.3 is 0 Å². The molecule has 1 unspecified atom stereocenters. The van der Waals surface area contributed by atoms with E-state index in [1.165, 1.54) is 30.6 Å². The Morgan fingerprint density at radius 1 is 1.16 bits per heavy atom. The first-order chi connectivity index (χ1) is 9.34. The molecular formula is C14H19N3S2. The summed E-state index contributed by atoms with van der Waals surface area (Å²) in [4.78, 5) is 8.36. The van der Waals surface area contributed by atoms with Crippen molar-refractivity contribution in [2.24, 2.45) is 5.73 Å². The highest BCUT2D eigenvalue weighted by atomic mass is 32.1. The summed E-state index contributed by atoms with van der Waals surface area (Å²) >= 11 is 3.43. The van der Waals surface area contributed by atoms with Crippen LogP contribution >= 0.6 is 22.7 Å². The largest absolute Gasteiger partial charge is 0.348 e. The molecule has 0 amide bonds. The second kappa shape index (κ2) is 6.03. The molecule has 0 aliphatic carbocycles. The molecule has 2 N–H and O–H groups in total. The van der Waals surface area contributed by atoms with Crippen molar-refractivity contribution >= 4 is 27.8 Å². The molecule has 19 heavy (non-hydrogen) atoms. The third kappa shape index (κ3) is 2.99. The maximum atomic E-state index is 6.27. The van der Waals surface area contributed by atoms with E-state index in [0.29, 0.717) is 0 Å². The number of hydrogen-bond donors (Lipinski definition) is 1. The zero-order valence-corrected chi connectivity index (χ0v) is 12.6. The van der Waals surface area contributed by atoms with Gasteiger partial charge < -0.3 is 10.6 Å². The van der Waals surface area contributed by atoms with Crippen LogP contribution in [0.2, 0.25) is 0 Å². The number of anilines is 1. The number of nitrogens with two attached hydrogens (primary N) is 1. The summed E-state index contributed by atoms with van der Waals surface area (Å²) in [7, 11) is 0. The fourth-order valence-corrected chi connectivity index (χ4v) is 4.09. The number of hydrogen-bond acceptors (Lipinski definition) is 5. The van der Waals surface area contributed by atoms with Crippen molar-refractivity contribution in [3.05, 3.63) is 33.5 Å². The molecule has 3 heterocycles. The average molecular weight is 293 g/mol. The molecule has 0 spiro atoms. The maximum Gasteiger partial charge on any atom is 0.185 e. The molecule has 1 atom stereocenters. The minimum absolute atomic E-state index is 0.0722. The van der Waals surface area contributed by atoms with Crippen molar-refractivity contribution in [1.82, 2.24) is 4.98 Å². The van der Waals surface area contributed by atoms with Gasteiger partial charge in [0.2, 0.25) is 0 Å². The predicted octanol–water partition coefficient (Wildman–Crippen LogP) is 3.63. The van der Waals surface area contributed by atoms with Crippen molar-refractivity contribution in [2.45, 2.75) is 31.7 Å². The van der Waals surface area contributed by atoms with Gasteiger partial charge in [-0.3, -0.25) is 0 Å². The number of nitrogens with zero attached hydrogens (tertiary/aromatic N) is 2. The second-order valence-electron chi connectivity index (χ2n) is 4.95. The van der Waals surface area contributed by atoms with Crippen molar-refractivity contribution < 1.29 is 0 Å². The Morgan fingerprint density at radius 3 is 2.63 bits per heavy atom. The minimum Gasteiger partial charge on any atom is -0.348 e. The van der Waals surface area contributed by atoms with Crippen LogP contribution in [0.5, 0.6) is 0 Å². The lowest BCUT2D eigenvalue weighted by atomic mass is 10.2. The van der Waals surface area contributed by atoms with E-state index in [0.717, 1.165) is 23.9 Å². The summed E-state index contributed by atoms with van der Waals surface area (Å²) in [5.41, 5.74) is 7.28. The molecule has 0 saturated carbocycles. The molecular weight excluding hydrogens is 274 g/mol. The molecule has 1 fully saturated rings. The Bertz CT molecular complexity index is 499. The molecule has 3 nitrogen and oxygen atoms in total. The summed E-state index contributed by atoms with van der Waals surface area (Å²) in [6.45, 7) is 2.28. The van der Waals surface area contributed by atoms with Crippen LogP contribution in [0.25, 0.3) is 0 Å². The maximum absolute atomic E-state index is 6.27. The van der Waals surface area contributed by atoms with Gasteiger partial charge in [0.25, 0.3) is 0 Å². The first kappa shape index (κ1) is 13.1. The summed E-state index contributed by atoms with van der Waals surface area (Å²) in [5, 5.41) is 5.32. The van der Waals surface area contributed by atoms with Crippen molar-refractivity contribution in [2.75, 3.05) is 18.0 Å². The van der Waals surface area contributed by atoms with Crippen LogP contribution in [-0.4, -0.2) is 18.1 Å². The van der Waals surface area contributed by atoms with Gasteiger partial charge in [0.1, 0.15) is 0 Å². The van der Waals surface area contributed by atoms with Crippen LogP contribution in [0.15, 0.2) is 22.9 Å². The van der Waals surface area contributed by atoms with E-state index in [1.54, 1.807) is 22.7 Å². The molecule has 3 rings (SSSR count). The van der Waals surface area contributed by atoms with Crippen LogP contribution in [-0.2, 0) is 0 Å². The molecule has 5 heteroatoms. The third-order valence-electron chi connectivity index (χ3n) is 3.55. The van der Waals surface area contributed by atoms with E-state index in [9.17, 15) is 0 Å². The Morgan fingerprint density at radius 2 is 1.95 bits per heavy atom. The predicted molar refractivity (Wildman–Crippen MR) is 83.1 cm³/mol. The molecule has 1 aliphatic heterocycles. The lowest BCUT2D eigenvalue weighted by Gasteiger charge is -2.18. The SMILES string of the molecule is NC(c1csc(N2CCCCCC2)n1)c1cccs1. The smallest absolute Gasteiger partial charge is 0.185 e. The third-order valence-corrected chi connectivity index (χ3v) is 5.43. The normalized spacial score (nSPS) is 18.3. The van der Waals surface area contributed by atoms with E-state index in [2.05, 4.69) is 21.7 Å². The van der Waals surface area contributed by atoms with Gasteiger partial charge in [-0.05, 0) is 24.3 Å². The highest BCUT2D eigenvalue weighted by Gasteiger charge is 2.17. The molecule has 0 aromatic carbocycles. The fourth-order valence-electron chi connectivity index (χ4n) is 2.44. The van der Waals surface area contributed by atoms with Crippen molar-refractivity contribution in [1.29, 1.82) is 0 Å². The Labute approximate surface area is 122 Å². The molecule has 102 valence electrons. The van der Waals surface area contributed by atoms with Gasteiger partial charge in [-0.25, -0.2) is 4.98 Å². The van der Waals surface area contributed by atoms with Gasteiger partial charge in [-0.15, -0.1) is 22.7 Å². The van der Waals surface area contributed by atoms with E-state index in [-0.39, 0.29) is 6.04 Å². The quantitative estimate of drug-likeness (QED) is 0.939. The Kier molecular flexibility index (Phi) is 4.15. The van der Waals surface area contributed by atoms with Gasteiger partial charge in [-0.1, -0.05) is 18.9 Å². The molecule has 0 bridgehead atoms. The second-order valence-corrected chi connectivity index (χ2v) is 6.77. The van der Waals surface area contributed by atoms with Gasteiger partial charge in [-0.2, -0.15) is 0 Å². The Hall–Kier alpha value is -0.910. The molecule has 1 aliphatic rings. The molecule has 2 aromatic rings. The first-order valence-electron chi connectivity index (χ1n) is 6.84. The molecule has 0 radical (unpaired) electrons. The van der Waals surface area contributed by atoms with Crippen LogP contribution in [0.3, 0.4) is 0 Å². The lowest BCUT2D eigenvalue weighted by Crippen LogP contribution is -2.23. The zero-order valence-electron chi connectivity index (χ0n) is 10.9. The lowest BCUT2D eigenvalue weighted by molar-refractivity contribution is 0.726. The topological polar surface area (TPSA) is 42.1 Å². The minimum atomic E-state index is -0.0722. The Balaban J connectivity index is 1.75. The molecule has 1 saturated heterocycles. The summed E-state index contributed by atoms with van der Waals surface area (Å²) in [5.74, 6) is 0. The van der Waals surface area contributed by atoms with Gasteiger partial charge in [0, 0.05) is 23.3 Å². The van der Waals surface area contributed by atoms with Crippen LogP contribution in [0.4, 0.5) is 5.13 Å². The van der Waals surface area contributed by atoms with E-state index in [1.807, 2.05) is 6.07 Å². The van der Waals surface area contributed by atoms with E-state index < -0.39 is 0 Å². The monoisotopic (exact) mass is 293 g/mol.